The van der Waals surface area contributed by atoms with Crippen LogP contribution < -0.4 is 11.3 Å². The lowest BCUT2D eigenvalue weighted by Crippen LogP contribution is -2.40. The predicted octanol–water partition coefficient (Wildman–Crippen LogP) is 0.588. The van der Waals surface area contributed by atoms with E-state index in [1.54, 1.807) is 0 Å². The molecule has 0 saturated carbocycles. The van der Waals surface area contributed by atoms with Crippen molar-refractivity contribution < 1.29 is 14.3 Å². The fourth-order valence-corrected chi connectivity index (χ4v) is 1.14. The van der Waals surface area contributed by atoms with Crippen molar-refractivity contribution in [3.05, 3.63) is 0 Å². The number of rotatable bonds is 9. The van der Waals surface area contributed by atoms with Crippen molar-refractivity contribution in [1.29, 1.82) is 0 Å². The summed E-state index contributed by atoms with van der Waals surface area (Å²) in [4.78, 5) is 11.2. The van der Waals surface area contributed by atoms with Gasteiger partial charge in [0.25, 0.3) is 5.91 Å². The van der Waals surface area contributed by atoms with Gasteiger partial charge in [0.1, 0.15) is 6.10 Å². The van der Waals surface area contributed by atoms with Gasteiger partial charge in [-0.3, -0.25) is 10.2 Å². The molecule has 1 amide bonds. The largest absolute Gasteiger partial charge is 0.379 e. The normalized spacial score (nSPS) is 12.5. The van der Waals surface area contributed by atoms with Crippen LogP contribution in [0.25, 0.3) is 0 Å². The van der Waals surface area contributed by atoms with Crippen LogP contribution in [0.2, 0.25) is 0 Å². The molecule has 0 bridgehead atoms. The Morgan fingerprint density at radius 3 is 2.53 bits per heavy atom. The number of hydrogen-bond acceptors (Lipinski definition) is 4. The second-order valence-corrected chi connectivity index (χ2v) is 3.27. The fourth-order valence-electron chi connectivity index (χ4n) is 1.14. The standard InChI is InChI=1S/C10H22N2O3/c1-3-5-9(10(13)12-11)15-8-7-14-6-4-2/h9H,3-8,11H2,1-2H3,(H,12,13). The van der Waals surface area contributed by atoms with Gasteiger partial charge in [-0.05, 0) is 12.8 Å². The smallest absolute Gasteiger partial charge is 0.262 e. The molecule has 0 aliphatic carbocycles. The first-order valence-corrected chi connectivity index (χ1v) is 5.46. The van der Waals surface area contributed by atoms with Crippen LogP contribution in [0, 0.1) is 0 Å². The van der Waals surface area contributed by atoms with Crippen LogP contribution in [-0.4, -0.2) is 31.8 Å². The van der Waals surface area contributed by atoms with Gasteiger partial charge in [0.05, 0.1) is 13.2 Å². The van der Waals surface area contributed by atoms with Crippen LogP contribution in [0.4, 0.5) is 0 Å². The van der Waals surface area contributed by atoms with Crippen LogP contribution in [-0.2, 0) is 14.3 Å². The van der Waals surface area contributed by atoms with Gasteiger partial charge in [-0.1, -0.05) is 20.3 Å². The monoisotopic (exact) mass is 218 g/mol. The molecule has 0 radical (unpaired) electrons. The van der Waals surface area contributed by atoms with Gasteiger partial charge in [-0.25, -0.2) is 5.84 Å². The summed E-state index contributed by atoms with van der Waals surface area (Å²) in [5.74, 6) is 4.77. The van der Waals surface area contributed by atoms with E-state index in [4.69, 9.17) is 15.3 Å². The third-order valence-corrected chi connectivity index (χ3v) is 1.88. The van der Waals surface area contributed by atoms with E-state index in [-0.39, 0.29) is 5.91 Å². The number of carbonyl (C=O) groups excluding carboxylic acids is 1. The zero-order valence-corrected chi connectivity index (χ0v) is 9.62. The molecule has 0 aliphatic rings. The Hall–Kier alpha value is -0.650. The molecular weight excluding hydrogens is 196 g/mol. The number of nitrogens with one attached hydrogen (secondary N) is 1. The highest BCUT2D eigenvalue weighted by atomic mass is 16.5. The molecule has 0 aliphatic heterocycles. The van der Waals surface area contributed by atoms with E-state index in [0.29, 0.717) is 19.6 Å². The van der Waals surface area contributed by atoms with Crippen molar-refractivity contribution in [3.63, 3.8) is 0 Å². The average molecular weight is 218 g/mol. The zero-order valence-electron chi connectivity index (χ0n) is 9.62. The van der Waals surface area contributed by atoms with Gasteiger partial charge in [-0.15, -0.1) is 0 Å². The number of amides is 1. The van der Waals surface area contributed by atoms with E-state index in [0.717, 1.165) is 19.4 Å². The van der Waals surface area contributed by atoms with Crippen molar-refractivity contribution in [3.8, 4) is 0 Å². The first kappa shape index (κ1) is 14.3. The third-order valence-electron chi connectivity index (χ3n) is 1.88. The molecular formula is C10H22N2O3. The Labute approximate surface area is 91.3 Å². The highest BCUT2D eigenvalue weighted by Gasteiger charge is 2.16. The zero-order chi connectivity index (χ0) is 11.5. The predicted molar refractivity (Wildman–Crippen MR) is 58.1 cm³/mol. The molecule has 0 fully saturated rings. The molecule has 3 N–H and O–H groups in total. The van der Waals surface area contributed by atoms with Crippen molar-refractivity contribution in [1.82, 2.24) is 5.43 Å². The van der Waals surface area contributed by atoms with Gasteiger partial charge < -0.3 is 9.47 Å². The maximum atomic E-state index is 11.2. The van der Waals surface area contributed by atoms with Crippen LogP contribution >= 0.6 is 0 Å². The summed E-state index contributed by atoms with van der Waals surface area (Å²) in [6, 6.07) is 0. The molecule has 0 spiro atoms. The molecule has 0 aromatic carbocycles. The summed E-state index contributed by atoms with van der Waals surface area (Å²) in [5.41, 5.74) is 2.10. The Bertz CT molecular complexity index is 165. The Balaban J connectivity index is 3.61. The summed E-state index contributed by atoms with van der Waals surface area (Å²) < 4.78 is 10.6. The van der Waals surface area contributed by atoms with Gasteiger partial charge in [-0.2, -0.15) is 0 Å². The maximum Gasteiger partial charge on any atom is 0.262 e. The van der Waals surface area contributed by atoms with Gasteiger partial charge in [0, 0.05) is 6.61 Å². The van der Waals surface area contributed by atoms with E-state index in [9.17, 15) is 4.79 Å². The van der Waals surface area contributed by atoms with E-state index >= 15 is 0 Å². The van der Waals surface area contributed by atoms with E-state index in [1.165, 1.54) is 0 Å². The molecule has 90 valence electrons. The molecule has 1 atom stereocenters. The molecule has 0 heterocycles. The summed E-state index contributed by atoms with van der Waals surface area (Å²) in [7, 11) is 0. The summed E-state index contributed by atoms with van der Waals surface area (Å²) in [6.45, 7) is 5.71. The van der Waals surface area contributed by atoms with Crippen molar-refractivity contribution >= 4 is 5.91 Å². The second-order valence-electron chi connectivity index (χ2n) is 3.27. The SMILES string of the molecule is CCCOCCOC(CCC)C(=O)NN. The van der Waals surface area contributed by atoms with Gasteiger partial charge >= 0.3 is 0 Å². The quantitative estimate of drug-likeness (QED) is 0.257. The highest BCUT2D eigenvalue weighted by molar-refractivity contribution is 5.80. The molecule has 1 unspecified atom stereocenters. The maximum absolute atomic E-state index is 11.2. The van der Waals surface area contributed by atoms with E-state index < -0.39 is 6.10 Å². The summed E-state index contributed by atoms with van der Waals surface area (Å²) in [6.07, 6.45) is 2.09. The molecule has 5 heteroatoms. The minimum absolute atomic E-state index is 0.271. The molecule has 0 rings (SSSR count). The third kappa shape index (κ3) is 7.30. The number of hydrogen-bond donors (Lipinski definition) is 2. The number of hydrazine groups is 1. The van der Waals surface area contributed by atoms with Crippen molar-refractivity contribution in [2.45, 2.75) is 39.2 Å². The summed E-state index contributed by atoms with van der Waals surface area (Å²) in [5, 5.41) is 0. The lowest BCUT2D eigenvalue weighted by molar-refractivity contribution is -0.134. The van der Waals surface area contributed by atoms with E-state index in [1.807, 2.05) is 13.8 Å². The fraction of sp³-hybridized carbons (Fsp3) is 0.900. The molecule has 15 heavy (non-hydrogen) atoms. The van der Waals surface area contributed by atoms with Crippen molar-refractivity contribution in [2.24, 2.45) is 5.84 Å². The molecule has 0 saturated heterocycles. The Morgan fingerprint density at radius 1 is 1.27 bits per heavy atom. The minimum atomic E-state index is -0.453. The Kier molecular flexibility index (Phi) is 9.46. The van der Waals surface area contributed by atoms with Crippen LogP contribution in [0.3, 0.4) is 0 Å². The van der Waals surface area contributed by atoms with Crippen LogP contribution in [0.5, 0.6) is 0 Å². The molecule has 0 aromatic rings. The lowest BCUT2D eigenvalue weighted by Gasteiger charge is -2.15. The minimum Gasteiger partial charge on any atom is -0.379 e. The van der Waals surface area contributed by atoms with Crippen LogP contribution in [0.1, 0.15) is 33.1 Å². The molecule has 0 aromatic heterocycles. The summed E-state index contributed by atoms with van der Waals surface area (Å²) >= 11 is 0. The van der Waals surface area contributed by atoms with E-state index in [2.05, 4.69) is 5.43 Å². The number of carbonyl (C=O) groups is 1. The number of ether oxygens (including phenoxy) is 2. The first-order valence-electron chi connectivity index (χ1n) is 5.46. The van der Waals surface area contributed by atoms with Crippen molar-refractivity contribution in [2.75, 3.05) is 19.8 Å². The van der Waals surface area contributed by atoms with Gasteiger partial charge in [0.2, 0.25) is 0 Å². The lowest BCUT2D eigenvalue weighted by atomic mass is 10.2. The Morgan fingerprint density at radius 2 is 2.00 bits per heavy atom. The number of nitrogens with two attached hydrogens (primary N) is 1. The topological polar surface area (TPSA) is 73.6 Å². The highest BCUT2D eigenvalue weighted by Crippen LogP contribution is 2.01. The molecule has 5 nitrogen and oxygen atoms in total. The first-order chi connectivity index (χ1) is 7.26. The average Bonchev–Trinajstić information content (AvgIpc) is 2.26. The second kappa shape index (κ2) is 9.89. The van der Waals surface area contributed by atoms with Crippen LogP contribution in [0.15, 0.2) is 0 Å². The van der Waals surface area contributed by atoms with Gasteiger partial charge in [0.15, 0.2) is 0 Å².